The minimum Gasteiger partial charge on any atom is -0.368 e. The molecule has 3 aromatic carbocycles. The SMILES string of the molecule is CC(=O)c1ccc(N2CCN(C(=O)c3[nH]c4ccc(C)cc4c3NC(=O)c3ccc(F)cc3)CC2)cc1. The summed E-state index contributed by atoms with van der Waals surface area (Å²) in [6.07, 6.45) is 0. The van der Waals surface area contributed by atoms with Crippen molar-refractivity contribution in [3.05, 3.63) is 94.9 Å². The Morgan fingerprint density at radius 2 is 1.51 bits per heavy atom. The third-order valence-electron chi connectivity index (χ3n) is 6.72. The van der Waals surface area contributed by atoms with Crippen LogP contribution in [0.15, 0.2) is 66.7 Å². The van der Waals surface area contributed by atoms with Crippen LogP contribution in [-0.2, 0) is 0 Å². The van der Waals surface area contributed by atoms with Gasteiger partial charge >= 0.3 is 0 Å². The van der Waals surface area contributed by atoms with E-state index in [1.807, 2.05) is 49.4 Å². The Morgan fingerprint density at radius 1 is 0.865 bits per heavy atom. The fraction of sp³-hybridized carbons (Fsp3) is 0.207. The third kappa shape index (κ3) is 4.95. The molecule has 0 spiro atoms. The number of amides is 2. The van der Waals surface area contributed by atoms with E-state index in [1.165, 1.54) is 24.3 Å². The van der Waals surface area contributed by atoms with Gasteiger partial charge in [-0.25, -0.2) is 4.39 Å². The molecule has 1 aliphatic heterocycles. The second kappa shape index (κ2) is 9.89. The summed E-state index contributed by atoms with van der Waals surface area (Å²) in [5.41, 5.74) is 4.44. The summed E-state index contributed by atoms with van der Waals surface area (Å²) in [6.45, 7) is 5.78. The Labute approximate surface area is 213 Å². The number of nitrogens with zero attached hydrogens (tertiary/aromatic N) is 2. The molecule has 5 rings (SSSR count). The largest absolute Gasteiger partial charge is 0.368 e. The Kier molecular flexibility index (Phi) is 6.48. The zero-order valence-corrected chi connectivity index (χ0v) is 20.7. The van der Waals surface area contributed by atoms with Crippen LogP contribution in [0.5, 0.6) is 0 Å². The van der Waals surface area contributed by atoms with Crippen LogP contribution >= 0.6 is 0 Å². The first-order chi connectivity index (χ1) is 17.8. The quantitative estimate of drug-likeness (QED) is 0.378. The zero-order chi connectivity index (χ0) is 26.1. The molecule has 2 heterocycles. The van der Waals surface area contributed by atoms with Crippen LogP contribution in [0.3, 0.4) is 0 Å². The molecule has 0 atom stereocenters. The van der Waals surface area contributed by atoms with E-state index in [2.05, 4.69) is 15.2 Å². The van der Waals surface area contributed by atoms with Crippen LogP contribution in [0.1, 0.15) is 43.7 Å². The fourth-order valence-electron chi connectivity index (χ4n) is 4.62. The minimum atomic E-state index is -0.427. The van der Waals surface area contributed by atoms with Gasteiger partial charge < -0.3 is 20.1 Å². The average molecular weight is 499 g/mol. The number of aromatic nitrogens is 1. The summed E-state index contributed by atoms with van der Waals surface area (Å²) in [5, 5.41) is 3.63. The smallest absolute Gasteiger partial charge is 0.272 e. The average Bonchev–Trinajstić information content (AvgIpc) is 3.26. The van der Waals surface area contributed by atoms with Gasteiger partial charge in [0.15, 0.2) is 5.78 Å². The van der Waals surface area contributed by atoms with Crippen molar-refractivity contribution < 1.29 is 18.8 Å². The van der Waals surface area contributed by atoms with Gasteiger partial charge in [-0.2, -0.15) is 0 Å². The number of piperazine rings is 1. The van der Waals surface area contributed by atoms with Crippen molar-refractivity contribution in [1.29, 1.82) is 0 Å². The summed E-state index contributed by atoms with van der Waals surface area (Å²) >= 11 is 0. The molecule has 37 heavy (non-hydrogen) atoms. The van der Waals surface area contributed by atoms with E-state index in [0.717, 1.165) is 22.2 Å². The van der Waals surface area contributed by atoms with Crippen LogP contribution in [0.25, 0.3) is 10.9 Å². The highest BCUT2D eigenvalue weighted by molar-refractivity contribution is 6.15. The van der Waals surface area contributed by atoms with Crippen LogP contribution < -0.4 is 10.2 Å². The van der Waals surface area contributed by atoms with E-state index in [4.69, 9.17) is 0 Å². The number of benzene rings is 3. The van der Waals surface area contributed by atoms with Gasteiger partial charge in [-0.3, -0.25) is 14.4 Å². The number of ketones is 1. The monoisotopic (exact) mass is 498 g/mol. The van der Waals surface area contributed by atoms with Gasteiger partial charge in [0.25, 0.3) is 11.8 Å². The van der Waals surface area contributed by atoms with Crippen molar-refractivity contribution in [2.45, 2.75) is 13.8 Å². The molecule has 0 aliphatic carbocycles. The van der Waals surface area contributed by atoms with Gasteiger partial charge in [0.1, 0.15) is 11.5 Å². The molecule has 188 valence electrons. The fourth-order valence-corrected chi connectivity index (χ4v) is 4.62. The van der Waals surface area contributed by atoms with Crippen LogP contribution in [0, 0.1) is 12.7 Å². The number of hydrogen-bond donors (Lipinski definition) is 2. The van der Waals surface area contributed by atoms with E-state index < -0.39 is 11.7 Å². The number of carbonyl (C=O) groups excluding carboxylic acids is 3. The van der Waals surface area contributed by atoms with Crippen molar-refractivity contribution in [1.82, 2.24) is 9.88 Å². The lowest BCUT2D eigenvalue weighted by molar-refractivity contribution is 0.0742. The van der Waals surface area contributed by atoms with Gasteiger partial charge in [0, 0.05) is 53.9 Å². The second-order valence-corrected chi connectivity index (χ2v) is 9.27. The summed E-state index contributed by atoms with van der Waals surface area (Å²) < 4.78 is 13.3. The first kappa shape index (κ1) is 24.2. The minimum absolute atomic E-state index is 0.0258. The number of H-pyrrole nitrogens is 1. The second-order valence-electron chi connectivity index (χ2n) is 9.27. The van der Waals surface area contributed by atoms with Gasteiger partial charge in [-0.05, 0) is 74.5 Å². The molecule has 2 amide bonds. The molecule has 7 nitrogen and oxygen atoms in total. The number of aryl methyl sites for hydroxylation is 1. The number of aromatic amines is 1. The van der Waals surface area contributed by atoms with Crippen LogP contribution in [0.2, 0.25) is 0 Å². The number of nitrogens with one attached hydrogen (secondary N) is 2. The highest BCUT2D eigenvalue weighted by Crippen LogP contribution is 2.31. The Balaban J connectivity index is 1.37. The summed E-state index contributed by atoms with van der Waals surface area (Å²) in [5.74, 6) is -1.02. The van der Waals surface area contributed by atoms with Crippen molar-refractivity contribution in [3.8, 4) is 0 Å². The van der Waals surface area contributed by atoms with Crippen molar-refractivity contribution in [2.75, 3.05) is 36.4 Å². The van der Waals surface area contributed by atoms with Crippen molar-refractivity contribution >= 4 is 39.9 Å². The van der Waals surface area contributed by atoms with Crippen LogP contribution in [-0.4, -0.2) is 53.7 Å². The number of carbonyl (C=O) groups is 3. The van der Waals surface area contributed by atoms with Gasteiger partial charge in [-0.15, -0.1) is 0 Å². The van der Waals surface area contributed by atoms with E-state index in [-0.39, 0.29) is 11.7 Å². The molecule has 4 aromatic rings. The van der Waals surface area contributed by atoms with E-state index in [9.17, 15) is 18.8 Å². The highest BCUT2D eigenvalue weighted by atomic mass is 19.1. The Hall–Kier alpha value is -4.46. The third-order valence-corrected chi connectivity index (χ3v) is 6.72. The topological polar surface area (TPSA) is 85.5 Å². The molecular weight excluding hydrogens is 471 g/mol. The predicted octanol–water partition coefficient (Wildman–Crippen LogP) is 5.03. The number of Topliss-reactive ketones (excluding diaryl/α,β-unsaturated/α-hetero) is 1. The number of halogens is 1. The molecule has 2 N–H and O–H groups in total. The molecule has 0 unspecified atom stereocenters. The number of hydrogen-bond acceptors (Lipinski definition) is 4. The summed E-state index contributed by atoms with van der Waals surface area (Å²) in [4.78, 5) is 45.3. The van der Waals surface area contributed by atoms with Gasteiger partial charge in [0.05, 0.1) is 5.69 Å². The first-order valence-electron chi connectivity index (χ1n) is 12.1. The molecular formula is C29H27FN4O3. The standard InChI is InChI=1S/C29H27FN4O3/c1-18-3-12-25-24(17-18)26(32-28(36)21-4-8-22(30)9-5-21)27(31-25)29(37)34-15-13-33(14-16-34)23-10-6-20(7-11-23)19(2)35/h3-12,17,31H,13-16H2,1-2H3,(H,32,36). The lowest BCUT2D eigenvalue weighted by atomic mass is 10.1. The number of fused-ring (bicyclic) bond motifs is 1. The molecule has 1 saturated heterocycles. The summed E-state index contributed by atoms with van der Waals surface area (Å²) in [6, 6.07) is 18.5. The number of rotatable bonds is 5. The van der Waals surface area contributed by atoms with Gasteiger partial charge in [-0.1, -0.05) is 11.6 Å². The molecule has 8 heteroatoms. The van der Waals surface area contributed by atoms with Crippen molar-refractivity contribution in [2.24, 2.45) is 0 Å². The predicted molar refractivity (Wildman–Crippen MR) is 142 cm³/mol. The molecule has 0 saturated carbocycles. The molecule has 0 radical (unpaired) electrons. The molecule has 1 fully saturated rings. The molecule has 0 bridgehead atoms. The van der Waals surface area contributed by atoms with Crippen LogP contribution in [0.4, 0.5) is 15.8 Å². The normalized spacial score (nSPS) is 13.6. The Morgan fingerprint density at radius 3 is 2.16 bits per heavy atom. The van der Waals surface area contributed by atoms with E-state index in [1.54, 1.807) is 11.8 Å². The summed E-state index contributed by atoms with van der Waals surface area (Å²) in [7, 11) is 0. The molecule has 1 aromatic heterocycles. The zero-order valence-electron chi connectivity index (χ0n) is 20.7. The maximum atomic E-state index is 13.6. The lowest BCUT2D eigenvalue weighted by Gasteiger charge is -2.36. The first-order valence-corrected chi connectivity index (χ1v) is 12.1. The molecule has 1 aliphatic rings. The maximum absolute atomic E-state index is 13.6. The van der Waals surface area contributed by atoms with Crippen molar-refractivity contribution in [3.63, 3.8) is 0 Å². The maximum Gasteiger partial charge on any atom is 0.272 e. The van der Waals surface area contributed by atoms with E-state index >= 15 is 0 Å². The van der Waals surface area contributed by atoms with E-state index in [0.29, 0.717) is 48.7 Å². The van der Waals surface area contributed by atoms with Gasteiger partial charge in [0.2, 0.25) is 0 Å². The number of anilines is 2. The highest BCUT2D eigenvalue weighted by Gasteiger charge is 2.27. The Bertz CT molecular complexity index is 1480. The lowest BCUT2D eigenvalue weighted by Crippen LogP contribution is -2.49.